The lowest BCUT2D eigenvalue weighted by molar-refractivity contribution is 0.387. The van der Waals surface area contributed by atoms with Gasteiger partial charge < -0.3 is 0 Å². The summed E-state index contributed by atoms with van der Waals surface area (Å²) in [5, 5.41) is 0. The van der Waals surface area contributed by atoms with Crippen LogP contribution < -0.4 is 0 Å². The van der Waals surface area contributed by atoms with Gasteiger partial charge in [-0.2, -0.15) is 0 Å². The van der Waals surface area contributed by atoms with Gasteiger partial charge in [0.1, 0.15) is 0 Å². The Kier molecular flexibility index (Phi) is 2.85. The second-order valence-corrected chi connectivity index (χ2v) is 4.43. The first kappa shape index (κ1) is 9.70. The molecular formula is C13H19N. The van der Waals surface area contributed by atoms with Gasteiger partial charge in [-0.15, -0.1) is 0 Å². The van der Waals surface area contributed by atoms with Crippen molar-refractivity contribution >= 4 is 0 Å². The van der Waals surface area contributed by atoms with Crippen molar-refractivity contribution < 1.29 is 0 Å². The fourth-order valence-electron chi connectivity index (χ4n) is 2.48. The number of rotatable bonds is 2. The quantitative estimate of drug-likeness (QED) is 0.693. The lowest BCUT2D eigenvalue weighted by atomic mass is 9.78. The molecule has 1 heterocycles. The van der Waals surface area contributed by atoms with Crippen molar-refractivity contribution in [3.63, 3.8) is 0 Å². The van der Waals surface area contributed by atoms with E-state index >= 15 is 0 Å². The van der Waals surface area contributed by atoms with Gasteiger partial charge in [-0.1, -0.05) is 26.3 Å². The highest BCUT2D eigenvalue weighted by atomic mass is 14.7. The third kappa shape index (κ3) is 1.68. The molecule has 0 saturated carbocycles. The zero-order valence-corrected chi connectivity index (χ0v) is 9.16. The average molecular weight is 189 g/mol. The minimum Gasteiger partial charge on any atom is -0.261 e. The number of hydrogen-bond donors (Lipinski definition) is 0. The smallest absolute Gasteiger partial charge is 0.0469 e. The van der Waals surface area contributed by atoms with Crippen molar-refractivity contribution in [2.45, 2.75) is 45.4 Å². The van der Waals surface area contributed by atoms with Gasteiger partial charge >= 0.3 is 0 Å². The van der Waals surface area contributed by atoms with E-state index in [1.54, 1.807) is 0 Å². The molecule has 76 valence electrons. The van der Waals surface area contributed by atoms with Crippen LogP contribution in [0, 0.1) is 5.92 Å². The maximum atomic E-state index is 4.57. The third-order valence-corrected chi connectivity index (χ3v) is 3.57. The molecule has 0 fully saturated rings. The summed E-state index contributed by atoms with van der Waals surface area (Å²) in [5.41, 5.74) is 2.87. The van der Waals surface area contributed by atoms with Crippen LogP contribution in [0.3, 0.4) is 0 Å². The number of hydrogen-bond acceptors (Lipinski definition) is 1. The van der Waals surface area contributed by atoms with E-state index in [1.807, 2.05) is 6.20 Å². The molecule has 1 aliphatic carbocycles. The molecule has 1 aliphatic rings. The summed E-state index contributed by atoms with van der Waals surface area (Å²) in [7, 11) is 0. The summed E-state index contributed by atoms with van der Waals surface area (Å²) in [5.74, 6) is 1.49. The van der Waals surface area contributed by atoms with E-state index < -0.39 is 0 Å². The van der Waals surface area contributed by atoms with Gasteiger partial charge in [0.25, 0.3) is 0 Å². The monoisotopic (exact) mass is 189 g/mol. The molecule has 0 N–H and O–H groups in total. The average Bonchev–Trinajstić information content (AvgIpc) is 2.27. The summed E-state index contributed by atoms with van der Waals surface area (Å²) < 4.78 is 0. The van der Waals surface area contributed by atoms with Crippen molar-refractivity contribution in [2.75, 3.05) is 0 Å². The van der Waals surface area contributed by atoms with Crippen LogP contribution in [0.4, 0.5) is 0 Å². The van der Waals surface area contributed by atoms with Gasteiger partial charge in [0.2, 0.25) is 0 Å². The Morgan fingerprint density at radius 3 is 3.21 bits per heavy atom. The largest absolute Gasteiger partial charge is 0.261 e. The highest BCUT2D eigenvalue weighted by Gasteiger charge is 2.24. The fraction of sp³-hybridized carbons (Fsp3) is 0.615. The molecule has 1 aromatic heterocycles. The van der Waals surface area contributed by atoms with E-state index in [0.717, 1.165) is 5.92 Å². The second-order valence-electron chi connectivity index (χ2n) is 4.43. The first-order chi connectivity index (χ1) is 6.83. The van der Waals surface area contributed by atoms with Gasteiger partial charge in [0, 0.05) is 17.8 Å². The molecule has 0 aromatic carbocycles. The Morgan fingerprint density at radius 1 is 1.57 bits per heavy atom. The van der Waals surface area contributed by atoms with Crippen molar-refractivity contribution in [1.82, 2.24) is 4.98 Å². The van der Waals surface area contributed by atoms with Crippen LogP contribution in [0.15, 0.2) is 18.3 Å². The number of aromatic nitrogens is 1. The summed E-state index contributed by atoms with van der Waals surface area (Å²) in [4.78, 5) is 4.57. The molecule has 0 aliphatic heterocycles. The number of nitrogens with zero attached hydrogens (tertiary/aromatic N) is 1. The topological polar surface area (TPSA) is 12.9 Å². The van der Waals surface area contributed by atoms with Crippen molar-refractivity contribution in [3.05, 3.63) is 29.6 Å². The van der Waals surface area contributed by atoms with Crippen molar-refractivity contribution in [2.24, 2.45) is 5.92 Å². The van der Waals surface area contributed by atoms with E-state index in [0.29, 0.717) is 5.92 Å². The molecule has 1 heteroatoms. The molecule has 0 unspecified atom stereocenters. The van der Waals surface area contributed by atoms with Crippen molar-refractivity contribution in [1.29, 1.82) is 0 Å². The zero-order chi connectivity index (χ0) is 9.97. The van der Waals surface area contributed by atoms with Crippen LogP contribution in [0.25, 0.3) is 0 Å². The minimum atomic E-state index is 0.713. The van der Waals surface area contributed by atoms with Gasteiger partial charge in [-0.3, -0.25) is 4.98 Å². The van der Waals surface area contributed by atoms with Crippen LogP contribution in [0.5, 0.6) is 0 Å². The summed E-state index contributed by atoms with van der Waals surface area (Å²) in [6.07, 6.45) is 7.11. The van der Waals surface area contributed by atoms with Crippen LogP contribution in [-0.2, 0) is 6.42 Å². The number of aryl methyl sites for hydroxylation is 1. The van der Waals surface area contributed by atoms with E-state index in [4.69, 9.17) is 0 Å². The normalized spacial score (nSPS) is 22.9. The predicted octanol–water partition coefficient (Wildman–Crippen LogP) is 3.55. The minimum absolute atomic E-state index is 0.713. The van der Waals surface area contributed by atoms with E-state index in [2.05, 4.69) is 31.0 Å². The van der Waals surface area contributed by atoms with E-state index in [1.165, 1.54) is 36.9 Å². The SMILES string of the molecule is CC[C@@H](C)[C@H]1CCCc2cccnc21. The Balaban J connectivity index is 2.30. The van der Waals surface area contributed by atoms with E-state index in [9.17, 15) is 0 Å². The molecule has 0 radical (unpaired) electrons. The van der Waals surface area contributed by atoms with Crippen molar-refractivity contribution in [3.8, 4) is 0 Å². The maximum absolute atomic E-state index is 4.57. The lowest BCUT2D eigenvalue weighted by Crippen LogP contribution is -2.17. The molecule has 0 saturated heterocycles. The molecule has 1 nitrogen and oxygen atoms in total. The molecule has 0 bridgehead atoms. The molecule has 2 rings (SSSR count). The first-order valence-corrected chi connectivity index (χ1v) is 5.76. The number of pyridine rings is 1. The van der Waals surface area contributed by atoms with Gasteiger partial charge in [0.05, 0.1) is 0 Å². The summed E-state index contributed by atoms with van der Waals surface area (Å²) in [6.45, 7) is 4.64. The van der Waals surface area contributed by atoms with Crippen LogP contribution in [0.1, 0.15) is 50.3 Å². The van der Waals surface area contributed by atoms with Gasteiger partial charge in [0.15, 0.2) is 0 Å². The molecule has 0 amide bonds. The first-order valence-electron chi connectivity index (χ1n) is 5.76. The summed E-state index contributed by atoms with van der Waals surface area (Å²) >= 11 is 0. The Hall–Kier alpha value is -0.850. The Bertz CT molecular complexity index is 306. The fourth-order valence-corrected chi connectivity index (χ4v) is 2.48. The van der Waals surface area contributed by atoms with Gasteiger partial charge in [-0.05, 0) is 36.8 Å². The third-order valence-electron chi connectivity index (χ3n) is 3.57. The highest BCUT2D eigenvalue weighted by Crippen LogP contribution is 2.36. The molecule has 0 spiro atoms. The second kappa shape index (κ2) is 4.12. The lowest BCUT2D eigenvalue weighted by Gasteiger charge is -2.28. The van der Waals surface area contributed by atoms with Crippen LogP contribution in [0.2, 0.25) is 0 Å². The molecule has 14 heavy (non-hydrogen) atoms. The Morgan fingerprint density at radius 2 is 2.43 bits per heavy atom. The Labute approximate surface area is 86.6 Å². The predicted molar refractivity (Wildman–Crippen MR) is 59.4 cm³/mol. The number of fused-ring (bicyclic) bond motifs is 1. The standard InChI is InChI=1S/C13H19N/c1-3-10(2)12-8-4-6-11-7-5-9-14-13(11)12/h5,7,9-10,12H,3-4,6,8H2,1-2H3/t10-,12-/m1/s1. The summed E-state index contributed by atoms with van der Waals surface area (Å²) in [6, 6.07) is 4.31. The van der Waals surface area contributed by atoms with E-state index in [-0.39, 0.29) is 0 Å². The molecular weight excluding hydrogens is 170 g/mol. The zero-order valence-electron chi connectivity index (χ0n) is 9.16. The maximum Gasteiger partial charge on any atom is 0.0469 e. The van der Waals surface area contributed by atoms with Crippen LogP contribution >= 0.6 is 0 Å². The molecule has 1 aromatic rings. The van der Waals surface area contributed by atoms with Gasteiger partial charge in [-0.25, -0.2) is 0 Å². The van der Waals surface area contributed by atoms with Crippen LogP contribution in [-0.4, -0.2) is 4.98 Å². The highest BCUT2D eigenvalue weighted by molar-refractivity contribution is 5.26. The molecule has 2 atom stereocenters.